The smallest absolute Gasteiger partial charge is 0.407 e. The third-order valence-electron chi connectivity index (χ3n) is 7.39. The zero-order chi connectivity index (χ0) is 24.8. The molecule has 3 N–H and O–H groups in total. The van der Waals surface area contributed by atoms with Gasteiger partial charge in [-0.2, -0.15) is 0 Å². The molecule has 186 valence electrons. The van der Waals surface area contributed by atoms with Crippen LogP contribution in [-0.2, 0) is 14.3 Å². The van der Waals surface area contributed by atoms with E-state index in [2.05, 4.69) is 34.9 Å². The van der Waals surface area contributed by atoms with Gasteiger partial charge in [-0.15, -0.1) is 0 Å². The van der Waals surface area contributed by atoms with Crippen LogP contribution in [0, 0.1) is 5.41 Å². The topological polar surface area (TPSA) is 105 Å². The van der Waals surface area contributed by atoms with Gasteiger partial charge in [0.2, 0.25) is 5.91 Å². The minimum Gasteiger partial charge on any atom is -0.481 e. The molecule has 2 amide bonds. The fourth-order valence-corrected chi connectivity index (χ4v) is 5.36. The van der Waals surface area contributed by atoms with E-state index in [-0.39, 0.29) is 31.0 Å². The van der Waals surface area contributed by atoms with Crippen LogP contribution in [-0.4, -0.2) is 42.3 Å². The molecule has 0 aromatic heterocycles. The molecule has 35 heavy (non-hydrogen) atoms. The molecule has 0 aliphatic heterocycles. The third kappa shape index (κ3) is 5.66. The quantitative estimate of drug-likeness (QED) is 0.453. The molecule has 7 nitrogen and oxygen atoms in total. The highest BCUT2D eigenvalue weighted by Crippen LogP contribution is 2.44. The summed E-state index contributed by atoms with van der Waals surface area (Å²) in [5, 5.41) is 15.2. The summed E-state index contributed by atoms with van der Waals surface area (Å²) in [7, 11) is 0. The number of fused-ring (bicyclic) bond motifs is 3. The largest absolute Gasteiger partial charge is 0.481 e. The number of nitrogens with one attached hydrogen (secondary N) is 2. The van der Waals surface area contributed by atoms with Gasteiger partial charge in [-0.25, -0.2) is 4.79 Å². The van der Waals surface area contributed by atoms with Crippen LogP contribution < -0.4 is 10.6 Å². The number of amides is 2. The number of hydrogen-bond donors (Lipinski definition) is 3. The molecule has 2 aliphatic carbocycles. The number of alkyl carbamates (subject to hydrolysis) is 1. The summed E-state index contributed by atoms with van der Waals surface area (Å²) in [6.07, 6.45) is 4.06. The molecule has 0 heterocycles. The summed E-state index contributed by atoms with van der Waals surface area (Å²) in [6.45, 7) is 2.34. The van der Waals surface area contributed by atoms with E-state index in [0.717, 1.165) is 12.8 Å². The maximum Gasteiger partial charge on any atom is 0.407 e. The lowest BCUT2D eigenvalue weighted by Gasteiger charge is -2.24. The summed E-state index contributed by atoms with van der Waals surface area (Å²) in [5.74, 6) is -0.955. The molecule has 1 saturated carbocycles. The molecule has 0 saturated heterocycles. The van der Waals surface area contributed by atoms with E-state index in [0.29, 0.717) is 32.1 Å². The highest BCUT2D eigenvalue weighted by atomic mass is 16.5. The molecule has 0 bridgehead atoms. The van der Waals surface area contributed by atoms with Gasteiger partial charge in [-0.1, -0.05) is 61.4 Å². The van der Waals surface area contributed by atoms with E-state index in [1.54, 1.807) is 0 Å². The summed E-state index contributed by atoms with van der Waals surface area (Å²) in [6, 6.07) is 16.3. The lowest BCUT2D eigenvalue weighted by Crippen LogP contribution is -2.41. The van der Waals surface area contributed by atoms with Crippen LogP contribution in [0.1, 0.15) is 68.9 Å². The Balaban J connectivity index is 1.18. The fourth-order valence-electron chi connectivity index (χ4n) is 5.36. The van der Waals surface area contributed by atoms with Gasteiger partial charge in [0.05, 0.1) is 5.41 Å². The average molecular weight is 479 g/mol. The summed E-state index contributed by atoms with van der Waals surface area (Å²) in [4.78, 5) is 36.2. The van der Waals surface area contributed by atoms with Crippen LogP contribution in [0.15, 0.2) is 48.5 Å². The van der Waals surface area contributed by atoms with Crippen molar-refractivity contribution >= 4 is 18.0 Å². The first kappa shape index (κ1) is 24.8. The van der Waals surface area contributed by atoms with Crippen LogP contribution in [0.3, 0.4) is 0 Å². The van der Waals surface area contributed by atoms with Gasteiger partial charge in [0, 0.05) is 24.9 Å². The Morgan fingerprint density at radius 1 is 1.03 bits per heavy atom. The monoisotopic (exact) mass is 478 g/mol. The van der Waals surface area contributed by atoms with Gasteiger partial charge in [0.15, 0.2) is 0 Å². The Hall–Kier alpha value is -3.35. The number of carboxylic acid groups (broad SMARTS) is 1. The van der Waals surface area contributed by atoms with Crippen LogP contribution in [0.4, 0.5) is 4.79 Å². The van der Waals surface area contributed by atoms with Crippen molar-refractivity contribution in [1.29, 1.82) is 0 Å². The molecule has 1 atom stereocenters. The minimum atomic E-state index is -0.823. The van der Waals surface area contributed by atoms with Crippen molar-refractivity contribution in [2.24, 2.45) is 5.41 Å². The molecule has 1 unspecified atom stereocenters. The Kier molecular flexibility index (Phi) is 7.73. The van der Waals surface area contributed by atoms with Crippen molar-refractivity contribution < 1.29 is 24.2 Å². The van der Waals surface area contributed by atoms with Gasteiger partial charge >= 0.3 is 12.1 Å². The number of rotatable bonds is 10. The van der Waals surface area contributed by atoms with E-state index in [1.807, 2.05) is 31.2 Å². The molecule has 7 heteroatoms. The van der Waals surface area contributed by atoms with Gasteiger partial charge in [0.25, 0.3) is 0 Å². The number of ether oxygens (including phenoxy) is 1. The maximum atomic E-state index is 12.4. The number of hydrogen-bond acceptors (Lipinski definition) is 4. The van der Waals surface area contributed by atoms with Crippen molar-refractivity contribution in [3.8, 4) is 11.1 Å². The lowest BCUT2D eigenvalue weighted by molar-refractivity contribution is -0.148. The van der Waals surface area contributed by atoms with Crippen molar-refractivity contribution in [2.45, 2.75) is 63.8 Å². The highest BCUT2D eigenvalue weighted by molar-refractivity contribution is 5.80. The molecule has 4 rings (SSSR count). The van der Waals surface area contributed by atoms with E-state index < -0.39 is 17.5 Å². The number of benzene rings is 2. The predicted octanol–water partition coefficient (Wildman–Crippen LogP) is 4.85. The van der Waals surface area contributed by atoms with Crippen molar-refractivity contribution in [3.05, 3.63) is 59.7 Å². The zero-order valence-electron chi connectivity index (χ0n) is 20.2. The Bertz CT molecular complexity index is 1030. The third-order valence-corrected chi connectivity index (χ3v) is 7.39. The van der Waals surface area contributed by atoms with Crippen LogP contribution >= 0.6 is 0 Å². The molecule has 0 radical (unpaired) electrons. The molecular formula is C28H34N2O5. The number of carbonyl (C=O) groups is 3. The van der Waals surface area contributed by atoms with Crippen LogP contribution in [0.25, 0.3) is 11.1 Å². The SMILES string of the molecule is CC(CCCC(=O)NCC1(C(=O)O)CCCC1)NC(=O)OCC1c2ccccc2-c2ccccc21. The average Bonchev–Trinajstić information content (AvgIpc) is 3.45. The molecule has 2 aliphatic rings. The Morgan fingerprint density at radius 2 is 1.63 bits per heavy atom. The summed E-state index contributed by atoms with van der Waals surface area (Å²) >= 11 is 0. The second-order valence-electron chi connectivity index (χ2n) is 9.83. The second-order valence-corrected chi connectivity index (χ2v) is 9.83. The first-order valence-corrected chi connectivity index (χ1v) is 12.5. The molecule has 0 spiro atoms. The normalized spacial score (nSPS) is 16.7. The van der Waals surface area contributed by atoms with Crippen LogP contribution in [0.2, 0.25) is 0 Å². The van der Waals surface area contributed by atoms with E-state index in [4.69, 9.17) is 4.74 Å². The zero-order valence-corrected chi connectivity index (χ0v) is 20.2. The van der Waals surface area contributed by atoms with Gasteiger partial charge < -0.3 is 20.5 Å². The second kappa shape index (κ2) is 10.9. The first-order valence-electron chi connectivity index (χ1n) is 12.5. The van der Waals surface area contributed by atoms with Gasteiger partial charge in [-0.3, -0.25) is 9.59 Å². The summed E-state index contributed by atoms with van der Waals surface area (Å²) < 4.78 is 5.58. The Labute approximate surface area is 206 Å². The molecular weight excluding hydrogens is 444 g/mol. The van der Waals surface area contributed by atoms with E-state index >= 15 is 0 Å². The number of aliphatic carboxylic acids is 1. The first-order chi connectivity index (χ1) is 16.9. The van der Waals surface area contributed by atoms with Crippen LogP contribution in [0.5, 0.6) is 0 Å². The summed E-state index contributed by atoms with van der Waals surface area (Å²) in [5.41, 5.74) is 3.90. The lowest BCUT2D eigenvalue weighted by atomic mass is 9.86. The minimum absolute atomic E-state index is 0.0149. The van der Waals surface area contributed by atoms with Gasteiger partial charge in [0.1, 0.15) is 6.61 Å². The number of carboxylic acids is 1. The number of carbonyl (C=O) groups excluding carboxylic acids is 2. The molecule has 1 fully saturated rings. The fraction of sp³-hybridized carbons (Fsp3) is 0.464. The van der Waals surface area contributed by atoms with Gasteiger partial charge in [-0.05, 0) is 54.9 Å². The van der Waals surface area contributed by atoms with Crippen molar-refractivity contribution in [1.82, 2.24) is 10.6 Å². The highest BCUT2D eigenvalue weighted by Gasteiger charge is 2.41. The maximum absolute atomic E-state index is 12.4. The predicted molar refractivity (Wildman–Crippen MR) is 133 cm³/mol. The van der Waals surface area contributed by atoms with E-state index in [1.165, 1.54) is 22.3 Å². The molecule has 2 aromatic carbocycles. The molecule has 2 aromatic rings. The standard InChI is InChI=1S/C28H34N2O5/c1-19(9-8-14-25(31)29-18-28(26(32)33)15-6-7-16-28)30-27(34)35-17-24-22-12-4-2-10-20(22)21-11-3-5-13-23(21)24/h2-5,10-13,19,24H,6-9,14-18H2,1H3,(H,29,31)(H,30,34)(H,32,33). The van der Waals surface area contributed by atoms with E-state index in [9.17, 15) is 19.5 Å². The Morgan fingerprint density at radius 3 is 2.23 bits per heavy atom. The van der Waals surface area contributed by atoms with Crippen molar-refractivity contribution in [3.63, 3.8) is 0 Å². The van der Waals surface area contributed by atoms with Crippen molar-refractivity contribution in [2.75, 3.05) is 13.2 Å².